The van der Waals surface area contributed by atoms with Crippen molar-refractivity contribution < 1.29 is 19.7 Å². The molecule has 0 amide bonds. The van der Waals surface area contributed by atoms with E-state index in [9.17, 15) is 10.2 Å². The lowest BCUT2D eigenvalue weighted by atomic mass is 10.0. The number of nitrogens with zero attached hydrogens (tertiary/aromatic N) is 1. The van der Waals surface area contributed by atoms with Crippen LogP contribution in [0.4, 0.5) is 11.4 Å². The second-order valence-electron chi connectivity index (χ2n) is 12.6. The summed E-state index contributed by atoms with van der Waals surface area (Å²) < 4.78 is 11.9. The number of anilines is 2. The summed E-state index contributed by atoms with van der Waals surface area (Å²) in [6.45, 7) is 4.78. The number of aliphatic hydroxyl groups excluding tert-OH is 2. The Hall–Kier alpha value is -5.40. The molecule has 0 saturated heterocycles. The first-order chi connectivity index (χ1) is 25.1. The Morgan fingerprint density at radius 3 is 1.98 bits per heavy atom. The molecule has 1 unspecified atom stereocenters. The second kappa shape index (κ2) is 18.0. The Balaban J connectivity index is 1.10. The van der Waals surface area contributed by atoms with Gasteiger partial charge in [-0.25, -0.2) is 0 Å². The van der Waals surface area contributed by atoms with Gasteiger partial charge in [-0.1, -0.05) is 109 Å². The number of aliphatic hydroxyl groups is 2. The molecule has 260 valence electrons. The highest BCUT2D eigenvalue weighted by Gasteiger charge is 2.17. The molecule has 51 heavy (non-hydrogen) atoms. The van der Waals surface area contributed by atoms with Crippen molar-refractivity contribution in [2.24, 2.45) is 0 Å². The number of hydrogen-bond donors (Lipinski definition) is 3. The summed E-state index contributed by atoms with van der Waals surface area (Å²) >= 11 is 0. The lowest BCUT2D eigenvalue weighted by molar-refractivity contribution is 0.109. The molecule has 0 heterocycles. The summed E-state index contributed by atoms with van der Waals surface area (Å²) in [4.78, 5) is 2.29. The van der Waals surface area contributed by atoms with Gasteiger partial charge in [0.1, 0.15) is 18.1 Å². The average Bonchev–Trinajstić information content (AvgIpc) is 3.18. The molecule has 0 saturated carbocycles. The first kappa shape index (κ1) is 35.4. The number of hydrogen-bond acceptors (Lipinski definition) is 6. The lowest BCUT2D eigenvalue weighted by Gasteiger charge is -2.26. The van der Waals surface area contributed by atoms with E-state index < -0.39 is 6.10 Å². The highest BCUT2D eigenvalue weighted by Crippen LogP contribution is 2.34. The predicted molar refractivity (Wildman–Crippen MR) is 206 cm³/mol. The van der Waals surface area contributed by atoms with Crippen LogP contribution in [-0.4, -0.2) is 34.8 Å². The lowest BCUT2D eigenvalue weighted by Crippen LogP contribution is -2.30. The van der Waals surface area contributed by atoms with E-state index in [-0.39, 0.29) is 6.61 Å². The van der Waals surface area contributed by atoms with Gasteiger partial charge in [-0.3, -0.25) is 4.90 Å². The molecule has 0 radical (unpaired) electrons. The molecule has 0 aliphatic heterocycles. The van der Waals surface area contributed by atoms with Crippen molar-refractivity contribution in [3.63, 3.8) is 0 Å². The van der Waals surface area contributed by atoms with Crippen LogP contribution in [0.2, 0.25) is 0 Å². The summed E-state index contributed by atoms with van der Waals surface area (Å²) in [6, 6.07) is 50.9. The van der Waals surface area contributed by atoms with Crippen LogP contribution in [0.25, 0.3) is 11.1 Å². The van der Waals surface area contributed by atoms with Gasteiger partial charge in [-0.05, 0) is 83.6 Å². The van der Waals surface area contributed by atoms with Crippen molar-refractivity contribution in [2.75, 3.05) is 25.0 Å². The van der Waals surface area contributed by atoms with Gasteiger partial charge in [-0.15, -0.1) is 0 Å². The van der Waals surface area contributed by atoms with Gasteiger partial charge >= 0.3 is 0 Å². The van der Waals surface area contributed by atoms with E-state index in [1.165, 1.54) is 11.1 Å². The van der Waals surface area contributed by atoms with Crippen molar-refractivity contribution in [3.8, 4) is 22.6 Å². The predicted octanol–water partition coefficient (Wildman–Crippen LogP) is 9.35. The van der Waals surface area contributed by atoms with E-state index in [0.29, 0.717) is 37.6 Å². The fraction of sp³-hybridized carbons (Fsp3) is 0.200. The first-order valence-electron chi connectivity index (χ1n) is 17.6. The maximum Gasteiger partial charge on any atom is 0.127 e. The second-order valence-corrected chi connectivity index (χ2v) is 12.6. The van der Waals surface area contributed by atoms with Gasteiger partial charge in [0.2, 0.25) is 0 Å². The Labute approximate surface area is 301 Å². The number of ether oxygens (including phenoxy) is 2. The van der Waals surface area contributed by atoms with Crippen molar-refractivity contribution in [1.29, 1.82) is 0 Å². The van der Waals surface area contributed by atoms with E-state index in [1.54, 1.807) is 0 Å². The molecule has 0 fully saturated rings. The molecule has 0 bridgehead atoms. The minimum absolute atomic E-state index is 0.171. The summed E-state index contributed by atoms with van der Waals surface area (Å²) in [7, 11) is 0. The van der Waals surface area contributed by atoms with E-state index >= 15 is 0 Å². The van der Waals surface area contributed by atoms with Gasteiger partial charge in [0, 0.05) is 42.1 Å². The molecule has 6 rings (SSSR count). The Morgan fingerprint density at radius 1 is 0.647 bits per heavy atom. The highest BCUT2D eigenvalue weighted by atomic mass is 16.5. The molecule has 1 atom stereocenters. The third kappa shape index (κ3) is 10.1. The number of rotatable bonds is 17. The highest BCUT2D eigenvalue weighted by molar-refractivity contribution is 5.76. The largest absolute Gasteiger partial charge is 0.493 e. The van der Waals surface area contributed by atoms with Crippen LogP contribution in [-0.2, 0) is 26.2 Å². The third-order valence-electron chi connectivity index (χ3n) is 8.88. The molecule has 6 aromatic carbocycles. The number of nitrogens with one attached hydrogen (secondary N) is 1. The van der Waals surface area contributed by atoms with Crippen LogP contribution in [0.15, 0.2) is 152 Å². The molecule has 0 spiro atoms. The SMILES string of the molecule is CCOc1ccc(Nc2ccc(CCN(Cc3ccccc3)CC(O)c3ccc(OCc4ccccc4)c(CO)c3)cc2)cc1-c1ccccc1. The molecule has 6 aromatic rings. The quantitative estimate of drug-likeness (QED) is 0.0893. The van der Waals surface area contributed by atoms with Gasteiger partial charge in [-0.2, -0.15) is 0 Å². The molecule has 0 aliphatic carbocycles. The van der Waals surface area contributed by atoms with Crippen molar-refractivity contribution >= 4 is 11.4 Å². The number of benzene rings is 6. The minimum atomic E-state index is -0.733. The maximum absolute atomic E-state index is 11.4. The van der Waals surface area contributed by atoms with Crippen LogP contribution < -0.4 is 14.8 Å². The summed E-state index contributed by atoms with van der Waals surface area (Å²) in [5.41, 5.74) is 9.04. The van der Waals surface area contributed by atoms with Crippen molar-refractivity contribution in [2.45, 2.75) is 39.2 Å². The third-order valence-corrected chi connectivity index (χ3v) is 8.88. The fourth-order valence-corrected chi connectivity index (χ4v) is 6.17. The molecule has 6 heteroatoms. The van der Waals surface area contributed by atoms with E-state index in [0.717, 1.165) is 52.3 Å². The zero-order valence-electron chi connectivity index (χ0n) is 29.1. The molecule has 6 nitrogen and oxygen atoms in total. The normalized spacial score (nSPS) is 11.7. The van der Waals surface area contributed by atoms with Crippen LogP contribution in [0, 0.1) is 0 Å². The van der Waals surface area contributed by atoms with Crippen LogP contribution >= 0.6 is 0 Å². The minimum Gasteiger partial charge on any atom is -0.493 e. The monoisotopic (exact) mass is 678 g/mol. The fourth-order valence-electron chi connectivity index (χ4n) is 6.17. The van der Waals surface area contributed by atoms with Crippen LogP contribution in [0.3, 0.4) is 0 Å². The molecule has 3 N–H and O–H groups in total. The van der Waals surface area contributed by atoms with Crippen molar-refractivity contribution in [3.05, 3.63) is 179 Å². The van der Waals surface area contributed by atoms with E-state index in [1.807, 2.05) is 104 Å². The molecular weight excluding hydrogens is 633 g/mol. The summed E-state index contributed by atoms with van der Waals surface area (Å²) in [5, 5.41) is 25.1. The van der Waals surface area contributed by atoms with E-state index in [4.69, 9.17) is 9.47 Å². The smallest absolute Gasteiger partial charge is 0.127 e. The van der Waals surface area contributed by atoms with Gasteiger partial charge < -0.3 is 25.0 Å². The standard InChI is InChI=1S/C45H46N2O4/c1-2-50-45-25-23-41(29-42(45)37-16-10-5-11-17-37)46-40-21-18-34(19-22-40)26-27-47(30-35-12-6-3-7-13-35)31-43(49)38-20-24-44(39(28-38)32-48)51-33-36-14-8-4-9-15-36/h3-25,28-29,43,46,48-49H,2,26-27,30-33H2,1H3. The van der Waals surface area contributed by atoms with Gasteiger partial charge in [0.15, 0.2) is 0 Å². The van der Waals surface area contributed by atoms with Crippen LogP contribution in [0.1, 0.15) is 40.8 Å². The summed E-state index contributed by atoms with van der Waals surface area (Å²) in [5.74, 6) is 1.49. The van der Waals surface area contributed by atoms with Gasteiger partial charge in [0.25, 0.3) is 0 Å². The van der Waals surface area contributed by atoms with Gasteiger partial charge in [0.05, 0.1) is 19.3 Å². The topological polar surface area (TPSA) is 74.2 Å². The first-order valence-corrected chi connectivity index (χ1v) is 17.6. The van der Waals surface area contributed by atoms with Crippen LogP contribution in [0.5, 0.6) is 11.5 Å². The van der Waals surface area contributed by atoms with Crippen molar-refractivity contribution in [1.82, 2.24) is 4.90 Å². The molecular formula is C45H46N2O4. The zero-order chi connectivity index (χ0) is 35.3. The average molecular weight is 679 g/mol. The Morgan fingerprint density at radius 2 is 1.29 bits per heavy atom. The Bertz CT molecular complexity index is 1930. The molecule has 0 aromatic heterocycles. The molecule has 0 aliphatic rings. The Kier molecular flexibility index (Phi) is 12.5. The maximum atomic E-state index is 11.4. The van der Waals surface area contributed by atoms with E-state index in [2.05, 4.69) is 64.8 Å². The zero-order valence-corrected chi connectivity index (χ0v) is 29.1. The summed E-state index contributed by atoms with van der Waals surface area (Å²) in [6.07, 6.45) is 0.0958.